The van der Waals surface area contributed by atoms with Crippen molar-refractivity contribution in [2.75, 3.05) is 25.6 Å². The van der Waals surface area contributed by atoms with Gasteiger partial charge in [-0.1, -0.05) is 0 Å². The summed E-state index contributed by atoms with van der Waals surface area (Å²) in [5.41, 5.74) is 2.62. The number of ether oxygens (including phenoxy) is 1. The summed E-state index contributed by atoms with van der Waals surface area (Å²) in [6, 6.07) is 6.66. The number of aromatic nitrogens is 1. The van der Waals surface area contributed by atoms with E-state index in [1.54, 1.807) is 19.2 Å². The van der Waals surface area contributed by atoms with E-state index in [9.17, 15) is 10.1 Å². The molecule has 0 spiro atoms. The molecule has 1 N–H and O–H groups in total. The van der Waals surface area contributed by atoms with Gasteiger partial charge in [0, 0.05) is 49.2 Å². The Morgan fingerprint density at radius 3 is 2.86 bits per heavy atom. The zero-order valence-electron chi connectivity index (χ0n) is 12.3. The maximum Gasteiger partial charge on any atom is 0.270 e. The molecule has 0 saturated carbocycles. The normalized spacial score (nSPS) is 10.8. The van der Waals surface area contributed by atoms with Gasteiger partial charge in [-0.3, -0.25) is 15.1 Å². The second-order valence-corrected chi connectivity index (χ2v) is 4.90. The predicted octanol–water partition coefficient (Wildman–Crippen LogP) is 3.29. The second-order valence-electron chi connectivity index (χ2n) is 4.90. The van der Waals surface area contributed by atoms with Crippen LogP contribution in [0.3, 0.4) is 0 Å². The van der Waals surface area contributed by atoms with Crippen molar-refractivity contribution in [3.8, 4) is 0 Å². The predicted molar refractivity (Wildman–Crippen MR) is 82.7 cm³/mol. The number of nitrogens with zero attached hydrogens (tertiary/aromatic N) is 2. The van der Waals surface area contributed by atoms with Gasteiger partial charge in [0.1, 0.15) is 0 Å². The molecule has 0 saturated heterocycles. The number of nitro groups is 1. The summed E-state index contributed by atoms with van der Waals surface area (Å²) in [4.78, 5) is 14.9. The molecule has 112 valence electrons. The largest absolute Gasteiger partial charge is 0.385 e. The molecule has 0 atom stereocenters. The Hall–Kier alpha value is -2.21. The second kappa shape index (κ2) is 6.99. The first-order valence-electron chi connectivity index (χ1n) is 6.90. The van der Waals surface area contributed by atoms with Gasteiger partial charge in [0.15, 0.2) is 0 Å². The number of non-ortho nitro benzene ring substituents is 1. The van der Waals surface area contributed by atoms with Gasteiger partial charge in [-0.15, -0.1) is 0 Å². The average Bonchev–Trinajstić information content (AvgIpc) is 2.46. The van der Waals surface area contributed by atoms with Crippen LogP contribution in [0, 0.1) is 17.0 Å². The van der Waals surface area contributed by atoms with Crippen molar-refractivity contribution in [3.63, 3.8) is 0 Å². The topological polar surface area (TPSA) is 77.3 Å². The van der Waals surface area contributed by atoms with Crippen LogP contribution in [0.1, 0.15) is 18.5 Å². The minimum atomic E-state index is -0.387. The van der Waals surface area contributed by atoms with Crippen LogP contribution >= 0.6 is 0 Å². The summed E-state index contributed by atoms with van der Waals surface area (Å²) < 4.78 is 5.01. The van der Waals surface area contributed by atoms with Crippen LogP contribution in [0.2, 0.25) is 0 Å². The van der Waals surface area contributed by atoms with E-state index in [1.165, 1.54) is 6.07 Å². The van der Waals surface area contributed by atoms with Crippen molar-refractivity contribution >= 4 is 22.3 Å². The van der Waals surface area contributed by atoms with E-state index in [2.05, 4.69) is 10.3 Å². The number of anilines is 1. The van der Waals surface area contributed by atoms with Gasteiger partial charge in [0.25, 0.3) is 5.69 Å². The molecule has 21 heavy (non-hydrogen) atoms. The third-order valence-corrected chi connectivity index (χ3v) is 3.22. The number of unbranched alkanes of at least 4 members (excludes halogenated alkanes) is 1. The Balaban J connectivity index is 2.23. The fraction of sp³-hybridized carbons (Fsp3) is 0.400. The molecule has 2 aromatic rings. The van der Waals surface area contributed by atoms with Crippen molar-refractivity contribution in [1.82, 2.24) is 4.98 Å². The number of hydrogen-bond acceptors (Lipinski definition) is 5. The van der Waals surface area contributed by atoms with Gasteiger partial charge >= 0.3 is 0 Å². The first-order chi connectivity index (χ1) is 10.1. The summed E-state index contributed by atoms with van der Waals surface area (Å²) in [7, 11) is 1.69. The summed E-state index contributed by atoms with van der Waals surface area (Å²) in [5, 5.41) is 15.0. The minimum absolute atomic E-state index is 0.0792. The fourth-order valence-electron chi connectivity index (χ4n) is 2.20. The van der Waals surface area contributed by atoms with E-state index in [0.717, 1.165) is 48.3 Å². The lowest BCUT2D eigenvalue weighted by atomic mass is 10.1. The van der Waals surface area contributed by atoms with Crippen molar-refractivity contribution in [1.29, 1.82) is 0 Å². The van der Waals surface area contributed by atoms with Crippen molar-refractivity contribution in [2.24, 2.45) is 0 Å². The van der Waals surface area contributed by atoms with Gasteiger partial charge in [0.05, 0.1) is 10.4 Å². The quantitative estimate of drug-likeness (QED) is 0.481. The van der Waals surface area contributed by atoms with E-state index in [-0.39, 0.29) is 10.6 Å². The molecule has 1 heterocycles. The number of pyridine rings is 1. The van der Waals surface area contributed by atoms with Crippen LogP contribution in [0.4, 0.5) is 11.4 Å². The molecule has 0 unspecified atom stereocenters. The lowest BCUT2D eigenvalue weighted by Crippen LogP contribution is -2.04. The first-order valence-corrected chi connectivity index (χ1v) is 6.90. The molecular weight excluding hydrogens is 270 g/mol. The van der Waals surface area contributed by atoms with Gasteiger partial charge in [-0.2, -0.15) is 0 Å². The molecule has 1 aromatic carbocycles. The number of methoxy groups -OCH3 is 1. The van der Waals surface area contributed by atoms with Crippen LogP contribution in [-0.4, -0.2) is 30.2 Å². The molecule has 2 rings (SSSR count). The van der Waals surface area contributed by atoms with E-state index in [4.69, 9.17) is 4.74 Å². The maximum absolute atomic E-state index is 10.9. The Bertz CT molecular complexity index is 643. The lowest BCUT2D eigenvalue weighted by molar-refractivity contribution is -0.384. The number of nitrogens with one attached hydrogen (secondary N) is 1. The van der Waals surface area contributed by atoms with Crippen LogP contribution in [0.15, 0.2) is 24.3 Å². The zero-order valence-corrected chi connectivity index (χ0v) is 12.3. The number of rotatable bonds is 7. The van der Waals surface area contributed by atoms with Crippen molar-refractivity contribution in [2.45, 2.75) is 19.8 Å². The number of benzene rings is 1. The SMILES string of the molecule is COCCCCNc1cc(C)nc2ccc([N+](=O)[O-])cc12. The highest BCUT2D eigenvalue weighted by atomic mass is 16.6. The number of fused-ring (bicyclic) bond motifs is 1. The standard InChI is InChI=1S/C15H19N3O3/c1-11-9-15(16-7-3-4-8-21-2)13-10-12(18(19)20)5-6-14(13)17-11/h5-6,9-10H,3-4,7-8H2,1-2H3,(H,16,17). The molecule has 1 aromatic heterocycles. The van der Waals surface area contributed by atoms with Gasteiger partial charge in [-0.25, -0.2) is 0 Å². The highest BCUT2D eigenvalue weighted by Crippen LogP contribution is 2.27. The Labute approximate surface area is 123 Å². The first kappa shape index (κ1) is 15.2. The van der Waals surface area contributed by atoms with E-state index in [0.29, 0.717) is 0 Å². The smallest absolute Gasteiger partial charge is 0.270 e. The molecule has 6 nitrogen and oxygen atoms in total. The molecule has 0 fully saturated rings. The molecule has 0 aliphatic carbocycles. The fourth-order valence-corrected chi connectivity index (χ4v) is 2.20. The highest BCUT2D eigenvalue weighted by molar-refractivity contribution is 5.93. The minimum Gasteiger partial charge on any atom is -0.385 e. The Morgan fingerprint density at radius 1 is 1.33 bits per heavy atom. The third-order valence-electron chi connectivity index (χ3n) is 3.22. The summed E-state index contributed by atoms with van der Waals surface area (Å²) >= 11 is 0. The zero-order chi connectivity index (χ0) is 15.2. The third kappa shape index (κ3) is 3.88. The molecule has 0 bridgehead atoms. The van der Waals surface area contributed by atoms with E-state index < -0.39 is 0 Å². The van der Waals surface area contributed by atoms with Crippen LogP contribution in [0.5, 0.6) is 0 Å². The van der Waals surface area contributed by atoms with Crippen LogP contribution in [0.25, 0.3) is 10.9 Å². The molecule has 0 radical (unpaired) electrons. The molecule has 0 aliphatic rings. The average molecular weight is 289 g/mol. The maximum atomic E-state index is 10.9. The molecule has 0 aliphatic heterocycles. The van der Waals surface area contributed by atoms with Gasteiger partial charge in [-0.05, 0) is 31.9 Å². The molecule has 0 amide bonds. The van der Waals surface area contributed by atoms with Crippen LogP contribution in [-0.2, 0) is 4.74 Å². The monoisotopic (exact) mass is 289 g/mol. The molecular formula is C15H19N3O3. The molecule has 6 heteroatoms. The summed E-state index contributed by atoms with van der Waals surface area (Å²) in [6.07, 6.45) is 1.96. The number of hydrogen-bond donors (Lipinski definition) is 1. The van der Waals surface area contributed by atoms with E-state index in [1.807, 2.05) is 13.0 Å². The number of aryl methyl sites for hydroxylation is 1. The van der Waals surface area contributed by atoms with Gasteiger partial charge < -0.3 is 10.1 Å². The van der Waals surface area contributed by atoms with Crippen molar-refractivity contribution in [3.05, 3.63) is 40.1 Å². The number of nitro benzene ring substituents is 1. The lowest BCUT2D eigenvalue weighted by Gasteiger charge is -2.10. The van der Waals surface area contributed by atoms with E-state index >= 15 is 0 Å². The highest BCUT2D eigenvalue weighted by Gasteiger charge is 2.10. The van der Waals surface area contributed by atoms with Gasteiger partial charge in [0.2, 0.25) is 0 Å². The van der Waals surface area contributed by atoms with Crippen LogP contribution < -0.4 is 5.32 Å². The Morgan fingerprint density at radius 2 is 2.14 bits per heavy atom. The Kier molecular flexibility index (Phi) is 5.05. The van der Waals surface area contributed by atoms with Crippen molar-refractivity contribution < 1.29 is 9.66 Å². The summed E-state index contributed by atoms with van der Waals surface area (Å²) in [5.74, 6) is 0. The summed E-state index contributed by atoms with van der Waals surface area (Å²) in [6.45, 7) is 3.45.